The molecular formula is C14H27N9O4. The largest absolute Gasteiger partial charge is 0.381 e. The molecule has 0 rings (SSSR count). The number of rotatable bonds is 19. The summed E-state index contributed by atoms with van der Waals surface area (Å²) in [4.78, 5) is 8.03. The maximum absolute atomic E-state index is 8.32. The van der Waals surface area contributed by atoms with E-state index in [1.54, 1.807) is 0 Å². The summed E-state index contributed by atoms with van der Waals surface area (Å²) in [5.41, 5.74) is 24.4. The highest BCUT2D eigenvalue weighted by molar-refractivity contribution is 4.80. The molecule has 0 aromatic carbocycles. The lowest BCUT2D eigenvalue weighted by atomic mass is 9.92. The van der Waals surface area contributed by atoms with Crippen molar-refractivity contribution in [2.45, 2.75) is 13.3 Å². The first kappa shape index (κ1) is 24.8. The zero-order valence-corrected chi connectivity index (χ0v) is 15.6. The molecule has 0 saturated heterocycles. The van der Waals surface area contributed by atoms with Crippen molar-refractivity contribution >= 4 is 0 Å². The van der Waals surface area contributed by atoms with Gasteiger partial charge in [-0.3, -0.25) is 0 Å². The summed E-state index contributed by atoms with van der Waals surface area (Å²) in [6.45, 7) is 5.16. The number of nitrogens with zero attached hydrogens (tertiary/aromatic N) is 9. The quantitative estimate of drug-likeness (QED) is 0.143. The van der Waals surface area contributed by atoms with E-state index in [0.29, 0.717) is 13.2 Å². The fraction of sp³-hybridized carbons (Fsp3) is 1.00. The smallest absolute Gasteiger partial charge is 0.0637 e. The second-order valence-electron chi connectivity index (χ2n) is 5.57. The van der Waals surface area contributed by atoms with Gasteiger partial charge in [0.15, 0.2) is 0 Å². The zero-order chi connectivity index (χ0) is 20.1. The Kier molecular flexibility index (Phi) is 17.0. The minimum absolute atomic E-state index is 0.220. The van der Waals surface area contributed by atoms with Crippen LogP contribution >= 0.6 is 0 Å². The lowest BCUT2D eigenvalue weighted by Crippen LogP contribution is -2.42. The predicted molar refractivity (Wildman–Crippen MR) is 98.0 cm³/mol. The fourth-order valence-corrected chi connectivity index (χ4v) is 2.00. The molecule has 0 amide bonds. The number of hydrogen-bond acceptors (Lipinski definition) is 7. The average Bonchev–Trinajstić information content (AvgIpc) is 2.67. The van der Waals surface area contributed by atoms with Crippen LogP contribution in [0.5, 0.6) is 0 Å². The monoisotopic (exact) mass is 385 g/mol. The molecule has 0 spiro atoms. The highest BCUT2D eigenvalue weighted by atomic mass is 16.5. The van der Waals surface area contributed by atoms with E-state index in [9.17, 15) is 0 Å². The minimum atomic E-state index is -0.599. The molecule has 0 N–H and O–H groups in total. The van der Waals surface area contributed by atoms with Crippen molar-refractivity contribution in [2.75, 3.05) is 72.5 Å². The van der Waals surface area contributed by atoms with Gasteiger partial charge in [0.05, 0.1) is 51.7 Å². The molecule has 0 aliphatic rings. The van der Waals surface area contributed by atoms with Crippen molar-refractivity contribution in [1.29, 1.82) is 0 Å². The molecule has 0 heterocycles. The van der Waals surface area contributed by atoms with E-state index in [2.05, 4.69) is 30.1 Å². The van der Waals surface area contributed by atoms with Gasteiger partial charge in [-0.05, 0) is 23.0 Å². The number of hydrogen-bond donors (Lipinski definition) is 0. The summed E-state index contributed by atoms with van der Waals surface area (Å²) in [5.74, 6) is 0. The van der Waals surface area contributed by atoms with Gasteiger partial charge < -0.3 is 18.9 Å². The SMILES string of the molecule is CCCOCC(COCCN=[N+]=[N-])(COCCN=[N+]=[N-])COCCN=[N+]=[N-]. The van der Waals surface area contributed by atoms with Crippen LogP contribution in [-0.2, 0) is 18.9 Å². The van der Waals surface area contributed by atoms with Crippen LogP contribution in [0.2, 0.25) is 0 Å². The van der Waals surface area contributed by atoms with E-state index in [-0.39, 0.29) is 59.3 Å². The molecular weight excluding hydrogens is 358 g/mol. The normalized spacial score (nSPS) is 12.3. The van der Waals surface area contributed by atoms with Crippen molar-refractivity contribution in [3.8, 4) is 0 Å². The van der Waals surface area contributed by atoms with Crippen molar-refractivity contribution in [1.82, 2.24) is 0 Å². The van der Waals surface area contributed by atoms with Crippen LogP contribution in [0.25, 0.3) is 31.3 Å². The van der Waals surface area contributed by atoms with Crippen LogP contribution < -0.4 is 0 Å². The molecule has 0 radical (unpaired) electrons. The first-order valence-electron chi connectivity index (χ1n) is 8.58. The van der Waals surface area contributed by atoms with E-state index in [4.69, 9.17) is 35.5 Å². The van der Waals surface area contributed by atoms with Crippen molar-refractivity contribution in [2.24, 2.45) is 20.8 Å². The van der Waals surface area contributed by atoms with Crippen molar-refractivity contribution in [3.63, 3.8) is 0 Å². The van der Waals surface area contributed by atoms with Crippen LogP contribution in [0, 0.1) is 5.41 Å². The van der Waals surface area contributed by atoms with Crippen LogP contribution in [-0.4, -0.2) is 72.5 Å². The maximum atomic E-state index is 8.32. The van der Waals surface area contributed by atoms with Crippen LogP contribution in [0.3, 0.4) is 0 Å². The van der Waals surface area contributed by atoms with Crippen LogP contribution in [0.4, 0.5) is 0 Å². The summed E-state index contributed by atoms with van der Waals surface area (Å²) in [5, 5.41) is 10.3. The standard InChI is InChI=1S/C14H27N9O4/c1-2-6-24-10-14(11-25-7-3-18-21-15,12-26-8-4-19-22-16)13-27-9-5-20-23-17/h2-13H2,1H3. The van der Waals surface area contributed by atoms with Gasteiger partial charge in [0, 0.05) is 41.0 Å². The van der Waals surface area contributed by atoms with Gasteiger partial charge in [0.25, 0.3) is 0 Å². The summed E-state index contributed by atoms with van der Waals surface area (Å²) >= 11 is 0. The molecule has 0 fully saturated rings. The second-order valence-corrected chi connectivity index (χ2v) is 5.57. The maximum Gasteiger partial charge on any atom is 0.0637 e. The lowest BCUT2D eigenvalue weighted by molar-refractivity contribution is -0.104. The third kappa shape index (κ3) is 14.6. The molecule has 152 valence electrons. The molecule has 0 bridgehead atoms. The van der Waals surface area contributed by atoms with Crippen molar-refractivity contribution < 1.29 is 18.9 Å². The Morgan fingerprint density at radius 2 is 0.963 bits per heavy atom. The summed E-state index contributed by atoms with van der Waals surface area (Å²) < 4.78 is 22.6. The highest BCUT2D eigenvalue weighted by Crippen LogP contribution is 2.21. The molecule has 0 aromatic rings. The first-order valence-corrected chi connectivity index (χ1v) is 8.58. The number of ether oxygens (including phenoxy) is 4. The van der Waals surface area contributed by atoms with Crippen molar-refractivity contribution in [3.05, 3.63) is 31.3 Å². The second kappa shape index (κ2) is 18.6. The Labute approximate surface area is 157 Å². The van der Waals surface area contributed by atoms with E-state index >= 15 is 0 Å². The van der Waals surface area contributed by atoms with E-state index in [0.717, 1.165) is 6.42 Å². The first-order chi connectivity index (χ1) is 13.2. The topological polar surface area (TPSA) is 183 Å². The molecule has 0 atom stereocenters. The molecule has 0 unspecified atom stereocenters. The summed E-state index contributed by atoms with van der Waals surface area (Å²) in [6, 6.07) is 0. The molecule has 0 aliphatic carbocycles. The van der Waals surface area contributed by atoms with Gasteiger partial charge in [-0.2, -0.15) is 0 Å². The van der Waals surface area contributed by atoms with Crippen LogP contribution in [0.15, 0.2) is 15.3 Å². The van der Waals surface area contributed by atoms with Gasteiger partial charge >= 0.3 is 0 Å². The fourth-order valence-electron chi connectivity index (χ4n) is 2.00. The zero-order valence-electron chi connectivity index (χ0n) is 15.6. The Morgan fingerprint density at radius 1 is 0.630 bits per heavy atom. The number of azide groups is 3. The van der Waals surface area contributed by atoms with Gasteiger partial charge in [-0.1, -0.05) is 22.3 Å². The summed E-state index contributed by atoms with van der Waals surface area (Å²) in [6.07, 6.45) is 0.864. The predicted octanol–water partition coefficient (Wildman–Crippen LogP) is 3.38. The Balaban J connectivity index is 4.81. The van der Waals surface area contributed by atoms with E-state index in [1.807, 2.05) is 6.92 Å². The Bertz CT molecular complexity index is 450. The van der Waals surface area contributed by atoms with E-state index < -0.39 is 5.41 Å². The van der Waals surface area contributed by atoms with Gasteiger partial charge in [-0.25, -0.2) is 0 Å². The molecule has 13 nitrogen and oxygen atoms in total. The molecule has 0 saturated carbocycles. The van der Waals surface area contributed by atoms with Crippen LogP contribution in [0.1, 0.15) is 13.3 Å². The third-order valence-electron chi connectivity index (χ3n) is 3.18. The van der Waals surface area contributed by atoms with Gasteiger partial charge in [-0.15, -0.1) is 0 Å². The van der Waals surface area contributed by atoms with Gasteiger partial charge in [0.2, 0.25) is 0 Å². The molecule has 0 aliphatic heterocycles. The Hall–Kier alpha value is -2.23. The lowest BCUT2D eigenvalue weighted by Gasteiger charge is -2.33. The minimum Gasteiger partial charge on any atom is -0.381 e. The summed E-state index contributed by atoms with van der Waals surface area (Å²) in [7, 11) is 0. The van der Waals surface area contributed by atoms with E-state index in [1.165, 1.54) is 0 Å². The molecule has 0 aromatic heterocycles. The Morgan fingerprint density at radius 3 is 1.26 bits per heavy atom. The molecule has 27 heavy (non-hydrogen) atoms. The van der Waals surface area contributed by atoms with Gasteiger partial charge in [0.1, 0.15) is 0 Å². The third-order valence-corrected chi connectivity index (χ3v) is 3.18. The highest BCUT2D eigenvalue weighted by Gasteiger charge is 2.32. The molecule has 13 heteroatoms. The average molecular weight is 385 g/mol.